The third-order valence-corrected chi connectivity index (χ3v) is 3.81. The molecule has 3 rings (SSSR count). The van der Waals surface area contributed by atoms with Crippen LogP contribution in [0.3, 0.4) is 0 Å². The number of rotatable bonds is 6. The molecule has 2 aromatic heterocycles. The summed E-state index contributed by atoms with van der Waals surface area (Å²) in [6.45, 7) is 3.74. The molecule has 0 atom stereocenters. The highest BCUT2D eigenvalue weighted by Crippen LogP contribution is 2.15. The lowest BCUT2D eigenvalue weighted by Gasteiger charge is -2.06. The van der Waals surface area contributed by atoms with Crippen molar-refractivity contribution in [3.05, 3.63) is 47.4 Å². The first kappa shape index (κ1) is 15.6. The Morgan fingerprint density at radius 3 is 2.91 bits per heavy atom. The maximum atomic E-state index is 11.9. The van der Waals surface area contributed by atoms with Crippen molar-refractivity contribution in [3.8, 4) is 0 Å². The van der Waals surface area contributed by atoms with E-state index >= 15 is 0 Å². The Bertz CT molecular complexity index is 823. The molecular weight excluding hydrogens is 314 g/mol. The van der Waals surface area contributed by atoms with Gasteiger partial charge in [-0.05, 0) is 19.1 Å². The first-order valence-electron chi connectivity index (χ1n) is 7.48. The predicted molar refractivity (Wildman–Crippen MR) is 89.3 cm³/mol. The summed E-state index contributed by atoms with van der Waals surface area (Å²) in [7, 11) is 0. The number of aromatic nitrogens is 4. The van der Waals surface area contributed by atoms with E-state index in [1.165, 1.54) is 5.56 Å². The van der Waals surface area contributed by atoms with Crippen molar-refractivity contribution in [2.75, 3.05) is 6.54 Å². The van der Waals surface area contributed by atoms with Crippen LogP contribution in [-0.2, 0) is 17.9 Å². The van der Waals surface area contributed by atoms with Crippen molar-refractivity contribution in [1.82, 2.24) is 24.9 Å². The number of aryl methyl sites for hydroxylation is 2. The standard InChI is InChI=1S/C16H18ClN5O/c1-12-2-3-15-13(8-12)9-20-22(15)6-4-16(23)18-5-7-21-11-14(17)10-19-21/h2-3,8-11H,4-7H2,1H3,(H,18,23). The second kappa shape index (κ2) is 6.83. The summed E-state index contributed by atoms with van der Waals surface area (Å²) in [5, 5.41) is 13.0. The van der Waals surface area contributed by atoms with Gasteiger partial charge in [0, 0.05) is 24.5 Å². The van der Waals surface area contributed by atoms with Crippen molar-refractivity contribution in [1.29, 1.82) is 0 Å². The van der Waals surface area contributed by atoms with E-state index in [9.17, 15) is 4.79 Å². The fourth-order valence-corrected chi connectivity index (χ4v) is 2.61. The van der Waals surface area contributed by atoms with Gasteiger partial charge in [0.1, 0.15) is 0 Å². The highest BCUT2D eigenvalue weighted by atomic mass is 35.5. The third kappa shape index (κ3) is 3.90. The van der Waals surface area contributed by atoms with E-state index in [4.69, 9.17) is 11.6 Å². The molecule has 1 N–H and O–H groups in total. The van der Waals surface area contributed by atoms with Gasteiger partial charge in [0.25, 0.3) is 0 Å². The van der Waals surface area contributed by atoms with Crippen molar-refractivity contribution in [2.45, 2.75) is 26.4 Å². The second-order valence-electron chi connectivity index (χ2n) is 5.45. The average molecular weight is 332 g/mol. The molecule has 0 saturated carbocycles. The summed E-state index contributed by atoms with van der Waals surface area (Å²) < 4.78 is 3.56. The predicted octanol–water partition coefficient (Wildman–Crippen LogP) is 2.40. The number of carbonyl (C=O) groups excluding carboxylic acids is 1. The van der Waals surface area contributed by atoms with Crippen LogP contribution in [0.15, 0.2) is 36.8 Å². The maximum absolute atomic E-state index is 11.9. The molecule has 1 amide bonds. The zero-order valence-electron chi connectivity index (χ0n) is 12.9. The molecule has 23 heavy (non-hydrogen) atoms. The van der Waals surface area contributed by atoms with Gasteiger partial charge in [0.05, 0.1) is 36.0 Å². The first-order valence-corrected chi connectivity index (χ1v) is 7.86. The van der Waals surface area contributed by atoms with E-state index in [0.717, 1.165) is 10.9 Å². The summed E-state index contributed by atoms with van der Waals surface area (Å²) >= 11 is 5.79. The molecule has 0 fully saturated rings. The number of nitrogens with one attached hydrogen (secondary N) is 1. The van der Waals surface area contributed by atoms with Crippen LogP contribution in [0.5, 0.6) is 0 Å². The molecule has 0 unspecified atom stereocenters. The fourth-order valence-electron chi connectivity index (χ4n) is 2.45. The van der Waals surface area contributed by atoms with Crippen molar-refractivity contribution >= 4 is 28.4 Å². The zero-order chi connectivity index (χ0) is 16.2. The summed E-state index contributed by atoms with van der Waals surface area (Å²) in [6, 6.07) is 6.18. The molecule has 0 bridgehead atoms. The Morgan fingerprint density at radius 1 is 1.26 bits per heavy atom. The molecule has 0 aliphatic rings. The second-order valence-corrected chi connectivity index (χ2v) is 5.89. The number of benzene rings is 1. The van der Waals surface area contributed by atoms with Crippen LogP contribution in [-0.4, -0.2) is 32.0 Å². The first-order chi connectivity index (χ1) is 11.1. The minimum atomic E-state index is -0.000912. The molecular formula is C16H18ClN5O. The van der Waals surface area contributed by atoms with Crippen LogP contribution in [0.1, 0.15) is 12.0 Å². The number of amides is 1. The van der Waals surface area contributed by atoms with E-state index in [2.05, 4.69) is 34.6 Å². The molecule has 6 nitrogen and oxygen atoms in total. The quantitative estimate of drug-likeness (QED) is 0.754. The van der Waals surface area contributed by atoms with E-state index in [0.29, 0.717) is 31.1 Å². The largest absolute Gasteiger partial charge is 0.354 e. The van der Waals surface area contributed by atoms with E-state index in [1.807, 2.05) is 16.9 Å². The van der Waals surface area contributed by atoms with Gasteiger partial charge in [-0.3, -0.25) is 14.2 Å². The monoisotopic (exact) mass is 331 g/mol. The topological polar surface area (TPSA) is 64.7 Å². The Labute approximate surface area is 139 Å². The number of hydrogen-bond donors (Lipinski definition) is 1. The molecule has 0 radical (unpaired) electrons. The van der Waals surface area contributed by atoms with E-state index in [1.54, 1.807) is 17.1 Å². The van der Waals surface area contributed by atoms with Crippen molar-refractivity contribution in [3.63, 3.8) is 0 Å². The number of halogens is 1. The minimum absolute atomic E-state index is 0.000912. The summed E-state index contributed by atoms with van der Waals surface area (Å²) in [4.78, 5) is 11.9. The molecule has 7 heteroatoms. The van der Waals surface area contributed by atoms with Crippen molar-refractivity contribution in [2.24, 2.45) is 0 Å². The number of fused-ring (bicyclic) bond motifs is 1. The molecule has 120 valence electrons. The van der Waals surface area contributed by atoms with Crippen molar-refractivity contribution < 1.29 is 4.79 Å². The van der Waals surface area contributed by atoms with Crippen LogP contribution in [0.25, 0.3) is 10.9 Å². The average Bonchev–Trinajstić information content (AvgIpc) is 3.11. The Morgan fingerprint density at radius 2 is 2.13 bits per heavy atom. The van der Waals surface area contributed by atoms with Crippen LogP contribution in [0.4, 0.5) is 0 Å². The lowest BCUT2D eigenvalue weighted by Crippen LogP contribution is -2.28. The molecule has 0 saturated heterocycles. The Balaban J connectivity index is 1.48. The molecule has 3 aromatic rings. The summed E-state index contributed by atoms with van der Waals surface area (Å²) in [6.07, 6.45) is 5.53. The van der Waals surface area contributed by atoms with Gasteiger partial charge < -0.3 is 5.32 Å². The molecule has 0 spiro atoms. The Hall–Kier alpha value is -2.34. The summed E-state index contributed by atoms with van der Waals surface area (Å²) in [5.41, 5.74) is 2.25. The zero-order valence-corrected chi connectivity index (χ0v) is 13.6. The number of hydrogen-bond acceptors (Lipinski definition) is 3. The van der Waals surface area contributed by atoms with Gasteiger partial charge in [0.15, 0.2) is 0 Å². The lowest BCUT2D eigenvalue weighted by molar-refractivity contribution is -0.121. The highest BCUT2D eigenvalue weighted by Gasteiger charge is 2.06. The van der Waals surface area contributed by atoms with E-state index < -0.39 is 0 Å². The van der Waals surface area contributed by atoms with Gasteiger partial charge in [-0.1, -0.05) is 23.2 Å². The lowest BCUT2D eigenvalue weighted by atomic mass is 10.2. The molecule has 0 aliphatic carbocycles. The van der Waals surface area contributed by atoms with Crippen LogP contribution in [0, 0.1) is 6.92 Å². The van der Waals surface area contributed by atoms with Gasteiger partial charge in [-0.2, -0.15) is 10.2 Å². The van der Waals surface area contributed by atoms with Crippen LogP contribution < -0.4 is 5.32 Å². The number of nitrogens with zero attached hydrogens (tertiary/aromatic N) is 4. The maximum Gasteiger partial charge on any atom is 0.221 e. The van der Waals surface area contributed by atoms with Crippen LogP contribution in [0.2, 0.25) is 5.02 Å². The molecule has 0 aliphatic heterocycles. The fraction of sp³-hybridized carbons (Fsp3) is 0.312. The highest BCUT2D eigenvalue weighted by molar-refractivity contribution is 6.30. The van der Waals surface area contributed by atoms with Gasteiger partial charge in [0.2, 0.25) is 5.91 Å². The van der Waals surface area contributed by atoms with Gasteiger partial charge >= 0.3 is 0 Å². The summed E-state index contributed by atoms with van der Waals surface area (Å²) in [5.74, 6) is -0.000912. The van der Waals surface area contributed by atoms with E-state index in [-0.39, 0.29) is 5.91 Å². The number of carbonyl (C=O) groups is 1. The smallest absolute Gasteiger partial charge is 0.221 e. The third-order valence-electron chi connectivity index (χ3n) is 3.61. The van der Waals surface area contributed by atoms with Gasteiger partial charge in [-0.15, -0.1) is 0 Å². The van der Waals surface area contributed by atoms with Crippen LogP contribution >= 0.6 is 11.6 Å². The minimum Gasteiger partial charge on any atom is -0.354 e. The Kier molecular flexibility index (Phi) is 4.62. The van der Waals surface area contributed by atoms with Gasteiger partial charge in [-0.25, -0.2) is 0 Å². The SMILES string of the molecule is Cc1ccc2c(cnn2CCC(=O)NCCn2cc(Cl)cn2)c1. The molecule has 1 aromatic carbocycles. The normalized spacial score (nSPS) is 11.0. The molecule has 2 heterocycles.